The minimum atomic E-state index is -0.242. The van der Waals surface area contributed by atoms with Crippen LogP contribution in [0.1, 0.15) is 29.7 Å². The molecule has 0 saturated heterocycles. The SMILES string of the molecule is COc1ccc(C(C)N)c(OCc2ccc(F)cc2C)c1. The van der Waals surface area contributed by atoms with E-state index in [0.29, 0.717) is 18.1 Å². The van der Waals surface area contributed by atoms with Gasteiger partial charge in [-0.2, -0.15) is 0 Å². The molecular formula is C17H20FNO2. The number of benzene rings is 2. The van der Waals surface area contributed by atoms with Gasteiger partial charge in [-0.1, -0.05) is 12.1 Å². The van der Waals surface area contributed by atoms with E-state index in [4.69, 9.17) is 15.2 Å². The predicted octanol–water partition coefficient (Wildman–Crippen LogP) is 3.74. The highest BCUT2D eigenvalue weighted by Gasteiger charge is 2.10. The Morgan fingerprint density at radius 2 is 1.95 bits per heavy atom. The molecule has 1 unspecified atom stereocenters. The zero-order valence-corrected chi connectivity index (χ0v) is 12.5. The molecule has 0 bridgehead atoms. The summed E-state index contributed by atoms with van der Waals surface area (Å²) in [5.74, 6) is 1.16. The van der Waals surface area contributed by atoms with Crippen LogP contribution in [-0.4, -0.2) is 7.11 Å². The summed E-state index contributed by atoms with van der Waals surface area (Å²) >= 11 is 0. The number of aryl methyl sites for hydroxylation is 1. The van der Waals surface area contributed by atoms with E-state index in [1.54, 1.807) is 13.2 Å². The smallest absolute Gasteiger partial charge is 0.128 e. The van der Waals surface area contributed by atoms with E-state index in [0.717, 1.165) is 16.7 Å². The van der Waals surface area contributed by atoms with Crippen molar-refractivity contribution in [1.82, 2.24) is 0 Å². The van der Waals surface area contributed by atoms with Crippen molar-refractivity contribution in [3.05, 3.63) is 58.9 Å². The van der Waals surface area contributed by atoms with Gasteiger partial charge in [0.05, 0.1) is 7.11 Å². The fourth-order valence-corrected chi connectivity index (χ4v) is 2.12. The molecule has 0 radical (unpaired) electrons. The van der Waals surface area contributed by atoms with Crippen LogP contribution in [0.5, 0.6) is 11.5 Å². The first-order valence-electron chi connectivity index (χ1n) is 6.82. The Bertz CT molecular complexity index is 626. The van der Waals surface area contributed by atoms with Gasteiger partial charge in [0.1, 0.15) is 23.9 Å². The Kier molecular flexibility index (Phi) is 4.81. The van der Waals surface area contributed by atoms with Crippen molar-refractivity contribution in [2.45, 2.75) is 26.5 Å². The second-order valence-corrected chi connectivity index (χ2v) is 5.05. The predicted molar refractivity (Wildman–Crippen MR) is 81.1 cm³/mol. The van der Waals surface area contributed by atoms with Crippen LogP contribution in [0.4, 0.5) is 4.39 Å². The molecule has 2 aromatic rings. The Morgan fingerprint density at radius 1 is 1.19 bits per heavy atom. The molecule has 3 nitrogen and oxygen atoms in total. The summed E-state index contributed by atoms with van der Waals surface area (Å²) in [5, 5.41) is 0. The lowest BCUT2D eigenvalue weighted by molar-refractivity contribution is 0.298. The zero-order chi connectivity index (χ0) is 15.4. The first-order valence-corrected chi connectivity index (χ1v) is 6.82. The molecule has 0 aliphatic heterocycles. The molecule has 21 heavy (non-hydrogen) atoms. The van der Waals surface area contributed by atoms with E-state index in [2.05, 4.69) is 0 Å². The van der Waals surface area contributed by atoms with Crippen molar-refractivity contribution in [3.8, 4) is 11.5 Å². The van der Waals surface area contributed by atoms with Gasteiger partial charge in [0.25, 0.3) is 0 Å². The molecule has 0 amide bonds. The Morgan fingerprint density at radius 3 is 2.57 bits per heavy atom. The number of hydrogen-bond donors (Lipinski definition) is 1. The van der Waals surface area contributed by atoms with E-state index < -0.39 is 0 Å². The normalized spacial score (nSPS) is 12.0. The van der Waals surface area contributed by atoms with E-state index >= 15 is 0 Å². The van der Waals surface area contributed by atoms with Gasteiger partial charge in [-0.3, -0.25) is 0 Å². The van der Waals surface area contributed by atoms with Gasteiger partial charge < -0.3 is 15.2 Å². The summed E-state index contributed by atoms with van der Waals surface area (Å²) in [7, 11) is 1.61. The summed E-state index contributed by atoms with van der Waals surface area (Å²) in [6.07, 6.45) is 0. The van der Waals surface area contributed by atoms with Gasteiger partial charge in [-0.25, -0.2) is 4.39 Å². The highest BCUT2D eigenvalue weighted by molar-refractivity contribution is 5.42. The standard InChI is InChI=1S/C17H20FNO2/c1-11-8-14(18)5-4-13(11)10-21-17-9-15(20-3)6-7-16(17)12(2)19/h4-9,12H,10,19H2,1-3H3. The van der Waals surface area contributed by atoms with Crippen molar-refractivity contribution in [3.63, 3.8) is 0 Å². The van der Waals surface area contributed by atoms with E-state index in [-0.39, 0.29) is 11.9 Å². The highest BCUT2D eigenvalue weighted by atomic mass is 19.1. The third-order valence-electron chi connectivity index (χ3n) is 3.40. The molecular weight excluding hydrogens is 269 g/mol. The minimum absolute atomic E-state index is 0.139. The number of halogens is 1. The molecule has 2 aromatic carbocycles. The van der Waals surface area contributed by atoms with E-state index in [1.807, 2.05) is 32.0 Å². The van der Waals surface area contributed by atoms with Crippen molar-refractivity contribution < 1.29 is 13.9 Å². The lowest BCUT2D eigenvalue weighted by Crippen LogP contribution is -2.08. The van der Waals surface area contributed by atoms with Crippen LogP contribution in [0.3, 0.4) is 0 Å². The molecule has 0 aliphatic carbocycles. The van der Waals surface area contributed by atoms with E-state index in [9.17, 15) is 4.39 Å². The summed E-state index contributed by atoms with van der Waals surface area (Å²) in [6.45, 7) is 4.12. The molecule has 0 spiro atoms. The van der Waals surface area contributed by atoms with Crippen molar-refractivity contribution in [1.29, 1.82) is 0 Å². The number of rotatable bonds is 5. The number of hydrogen-bond acceptors (Lipinski definition) is 3. The largest absolute Gasteiger partial charge is 0.497 e. The lowest BCUT2D eigenvalue weighted by atomic mass is 10.1. The quantitative estimate of drug-likeness (QED) is 0.912. The summed E-state index contributed by atoms with van der Waals surface area (Å²) < 4.78 is 24.2. The Labute approximate surface area is 124 Å². The second kappa shape index (κ2) is 6.59. The van der Waals surface area contributed by atoms with Gasteiger partial charge in [0.15, 0.2) is 0 Å². The molecule has 112 valence electrons. The first-order chi connectivity index (χ1) is 10.0. The van der Waals surface area contributed by atoms with E-state index in [1.165, 1.54) is 12.1 Å². The van der Waals surface area contributed by atoms with Crippen LogP contribution in [-0.2, 0) is 6.61 Å². The second-order valence-electron chi connectivity index (χ2n) is 5.05. The van der Waals surface area contributed by atoms with Crippen molar-refractivity contribution in [2.24, 2.45) is 5.73 Å². The monoisotopic (exact) mass is 289 g/mol. The molecule has 4 heteroatoms. The van der Waals surface area contributed by atoms with Crippen LogP contribution in [0.25, 0.3) is 0 Å². The lowest BCUT2D eigenvalue weighted by Gasteiger charge is -2.16. The average molecular weight is 289 g/mol. The Hall–Kier alpha value is -2.07. The first kappa shape index (κ1) is 15.3. The molecule has 0 heterocycles. The minimum Gasteiger partial charge on any atom is -0.497 e. The van der Waals surface area contributed by atoms with Gasteiger partial charge >= 0.3 is 0 Å². The molecule has 0 saturated carbocycles. The van der Waals surface area contributed by atoms with Crippen molar-refractivity contribution >= 4 is 0 Å². The van der Waals surface area contributed by atoms with Crippen LogP contribution in [0.2, 0.25) is 0 Å². The molecule has 0 aliphatic rings. The number of ether oxygens (including phenoxy) is 2. The van der Waals surface area contributed by atoms with Gasteiger partial charge in [0.2, 0.25) is 0 Å². The van der Waals surface area contributed by atoms with Crippen LogP contribution < -0.4 is 15.2 Å². The average Bonchev–Trinajstić information content (AvgIpc) is 2.45. The Balaban J connectivity index is 2.22. The van der Waals surface area contributed by atoms with Crippen LogP contribution in [0, 0.1) is 12.7 Å². The fraction of sp³-hybridized carbons (Fsp3) is 0.294. The maximum Gasteiger partial charge on any atom is 0.128 e. The fourth-order valence-electron chi connectivity index (χ4n) is 2.12. The van der Waals surface area contributed by atoms with Crippen LogP contribution in [0.15, 0.2) is 36.4 Å². The molecule has 2 rings (SSSR count). The summed E-state index contributed by atoms with van der Waals surface area (Å²) in [4.78, 5) is 0. The molecule has 2 N–H and O–H groups in total. The zero-order valence-electron chi connectivity index (χ0n) is 12.5. The van der Waals surface area contributed by atoms with Crippen molar-refractivity contribution in [2.75, 3.05) is 7.11 Å². The summed E-state index contributed by atoms with van der Waals surface area (Å²) in [5.41, 5.74) is 8.67. The van der Waals surface area contributed by atoms with Crippen LogP contribution >= 0.6 is 0 Å². The number of nitrogens with two attached hydrogens (primary N) is 1. The maximum atomic E-state index is 13.1. The van der Waals surface area contributed by atoms with Gasteiger partial charge in [-0.15, -0.1) is 0 Å². The molecule has 0 aromatic heterocycles. The maximum absolute atomic E-state index is 13.1. The number of methoxy groups -OCH3 is 1. The summed E-state index contributed by atoms with van der Waals surface area (Å²) in [6, 6.07) is 10.1. The highest BCUT2D eigenvalue weighted by Crippen LogP contribution is 2.29. The van der Waals surface area contributed by atoms with Gasteiger partial charge in [0, 0.05) is 17.7 Å². The molecule has 0 fully saturated rings. The third-order valence-corrected chi connectivity index (χ3v) is 3.40. The molecule has 1 atom stereocenters. The van der Waals surface area contributed by atoms with Gasteiger partial charge in [-0.05, 0) is 43.2 Å². The third kappa shape index (κ3) is 3.73. The topological polar surface area (TPSA) is 44.5 Å².